The van der Waals surface area contributed by atoms with Crippen molar-refractivity contribution in [3.8, 4) is 11.4 Å². The predicted molar refractivity (Wildman–Crippen MR) is 85.2 cm³/mol. The van der Waals surface area contributed by atoms with Crippen LogP contribution in [-0.2, 0) is 0 Å². The van der Waals surface area contributed by atoms with Gasteiger partial charge in [-0.1, -0.05) is 61.7 Å². The fourth-order valence-corrected chi connectivity index (χ4v) is 3.37. The Kier molecular flexibility index (Phi) is 3.18. The Morgan fingerprint density at radius 3 is 2.62 bits per heavy atom. The number of nitrogens with one attached hydrogen (secondary N) is 1. The van der Waals surface area contributed by atoms with E-state index in [0.29, 0.717) is 5.92 Å². The fourth-order valence-electron chi connectivity index (χ4n) is 3.37. The van der Waals surface area contributed by atoms with Crippen LogP contribution in [0.1, 0.15) is 43.8 Å². The average molecular weight is 277 g/mol. The Bertz CT molecular complexity index is 749. The first-order valence-corrected chi connectivity index (χ1v) is 7.82. The van der Waals surface area contributed by atoms with Crippen molar-refractivity contribution in [1.29, 1.82) is 0 Å². The van der Waals surface area contributed by atoms with E-state index in [1.165, 1.54) is 42.9 Å². The summed E-state index contributed by atoms with van der Waals surface area (Å²) in [7, 11) is 0. The van der Waals surface area contributed by atoms with Gasteiger partial charge in [0, 0.05) is 11.5 Å². The third-order valence-corrected chi connectivity index (χ3v) is 4.53. The summed E-state index contributed by atoms with van der Waals surface area (Å²) in [6, 6.07) is 14.7. The van der Waals surface area contributed by atoms with E-state index in [1.807, 2.05) is 0 Å². The van der Waals surface area contributed by atoms with Gasteiger partial charge in [0.25, 0.3) is 0 Å². The Morgan fingerprint density at radius 1 is 0.905 bits per heavy atom. The van der Waals surface area contributed by atoms with Crippen LogP contribution in [0.25, 0.3) is 22.2 Å². The highest BCUT2D eigenvalue weighted by Gasteiger charge is 2.19. The molecule has 0 saturated heterocycles. The molecule has 0 unspecified atom stereocenters. The summed E-state index contributed by atoms with van der Waals surface area (Å²) < 4.78 is 0. The van der Waals surface area contributed by atoms with Gasteiger partial charge in [0.2, 0.25) is 0 Å². The quantitative estimate of drug-likeness (QED) is 0.739. The summed E-state index contributed by atoms with van der Waals surface area (Å²) in [5, 5.41) is 10.1. The topological polar surface area (TPSA) is 41.6 Å². The third kappa shape index (κ3) is 2.33. The van der Waals surface area contributed by atoms with E-state index in [1.54, 1.807) is 0 Å². The summed E-state index contributed by atoms with van der Waals surface area (Å²) in [6.07, 6.45) is 6.47. The van der Waals surface area contributed by atoms with E-state index >= 15 is 0 Å². The summed E-state index contributed by atoms with van der Waals surface area (Å²) in [5.41, 5.74) is 1.12. The summed E-state index contributed by atoms with van der Waals surface area (Å²) in [6.45, 7) is 0. The van der Waals surface area contributed by atoms with Gasteiger partial charge >= 0.3 is 0 Å². The van der Waals surface area contributed by atoms with Gasteiger partial charge in [-0.3, -0.25) is 5.10 Å². The van der Waals surface area contributed by atoms with Crippen LogP contribution in [0.15, 0.2) is 42.5 Å². The molecule has 3 aromatic rings. The van der Waals surface area contributed by atoms with E-state index in [9.17, 15) is 0 Å². The predicted octanol–water partition coefficient (Wildman–Crippen LogP) is 4.67. The molecule has 1 heterocycles. The minimum atomic E-state index is 0.565. The highest BCUT2D eigenvalue weighted by molar-refractivity contribution is 5.94. The Balaban J connectivity index is 1.74. The zero-order valence-electron chi connectivity index (χ0n) is 12.0. The molecule has 0 amide bonds. The number of benzene rings is 2. The lowest BCUT2D eigenvalue weighted by Gasteiger charge is -2.18. The van der Waals surface area contributed by atoms with Crippen molar-refractivity contribution < 1.29 is 0 Å². The Morgan fingerprint density at radius 2 is 1.71 bits per heavy atom. The van der Waals surface area contributed by atoms with Crippen LogP contribution < -0.4 is 0 Å². The second-order valence-electron chi connectivity index (χ2n) is 5.91. The van der Waals surface area contributed by atoms with Crippen molar-refractivity contribution in [2.45, 2.75) is 38.0 Å². The number of hydrogen-bond donors (Lipinski definition) is 1. The van der Waals surface area contributed by atoms with E-state index in [2.05, 4.69) is 52.7 Å². The molecule has 1 fully saturated rings. The molecule has 2 aromatic carbocycles. The number of aromatic amines is 1. The molecule has 1 aliphatic carbocycles. The lowest BCUT2D eigenvalue weighted by atomic mass is 9.89. The molecule has 0 aliphatic heterocycles. The van der Waals surface area contributed by atoms with Crippen LogP contribution in [0.2, 0.25) is 0 Å². The second kappa shape index (κ2) is 5.32. The molecule has 3 heteroatoms. The molecule has 0 spiro atoms. The molecule has 0 atom stereocenters. The molecule has 1 aliphatic rings. The zero-order chi connectivity index (χ0) is 14.1. The number of aromatic nitrogens is 3. The largest absolute Gasteiger partial charge is 0.262 e. The van der Waals surface area contributed by atoms with Crippen LogP contribution in [0.4, 0.5) is 0 Å². The maximum absolute atomic E-state index is 4.79. The number of hydrogen-bond acceptors (Lipinski definition) is 2. The number of rotatable bonds is 2. The summed E-state index contributed by atoms with van der Waals surface area (Å²) in [4.78, 5) is 4.79. The van der Waals surface area contributed by atoms with Crippen LogP contribution in [0.3, 0.4) is 0 Å². The van der Waals surface area contributed by atoms with Crippen molar-refractivity contribution in [3.63, 3.8) is 0 Å². The van der Waals surface area contributed by atoms with Gasteiger partial charge in [-0.05, 0) is 23.6 Å². The Hall–Kier alpha value is -2.16. The maximum Gasteiger partial charge on any atom is 0.181 e. The molecule has 0 bridgehead atoms. The normalized spacial score (nSPS) is 16.4. The van der Waals surface area contributed by atoms with Gasteiger partial charge in [-0.25, -0.2) is 4.98 Å². The molecule has 3 nitrogen and oxygen atoms in total. The van der Waals surface area contributed by atoms with Crippen LogP contribution in [0, 0.1) is 0 Å². The van der Waals surface area contributed by atoms with Crippen molar-refractivity contribution >= 4 is 10.8 Å². The maximum atomic E-state index is 4.79. The molecule has 4 rings (SSSR count). The van der Waals surface area contributed by atoms with Gasteiger partial charge in [0.1, 0.15) is 5.82 Å². The van der Waals surface area contributed by atoms with Gasteiger partial charge in [0.05, 0.1) is 0 Å². The molecule has 1 aromatic heterocycles. The third-order valence-electron chi connectivity index (χ3n) is 4.53. The molecule has 1 saturated carbocycles. The lowest BCUT2D eigenvalue weighted by molar-refractivity contribution is 0.429. The highest BCUT2D eigenvalue weighted by atomic mass is 15.2. The molecule has 0 radical (unpaired) electrons. The van der Waals surface area contributed by atoms with Crippen molar-refractivity contribution in [2.24, 2.45) is 0 Å². The molecule has 1 N–H and O–H groups in total. The second-order valence-corrected chi connectivity index (χ2v) is 5.91. The Labute approximate surface area is 124 Å². The summed E-state index contributed by atoms with van der Waals surface area (Å²) in [5.74, 6) is 2.46. The molecular weight excluding hydrogens is 258 g/mol. The van der Waals surface area contributed by atoms with E-state index in [4.69, 9.17) is 4.98 Å². The molecule has 21 heavy (non-hydrogen) atoms. The van der Waals surface area contributed by atoms with Crippen LogP contribution >= 0.6 is 0 Å². The van der Waals surface area contributed by atoms with Gasteiger partial charge < -0.3 is 0 Å². The smallest absolute Gasteiger partial charge is 0.181 e. The monoisotopic (exact) mass is 277 g/mol. The molecule has 106 valence electrons. The first kappa shape index (κ1) is 12.6. The summed E-state index contributed by atoms with van der Waals surface area (Å²) >= 11 is 0. The van der Waals surface area contributed by atoms with E-state index in [0.717, 1.165) is 17.2 Å². The number of H-pyrrole nitrogens is 1. The minimum Gasteiger partial charge on any atom is -0.262 e. The van der Waals surface area contributed by atoms with Crippen molar-refractivity contribution in [2.75, 3.05) is 0 Å². The highest BCUT2D eigenvalue weighted by Crippen LogP contribution is 2.32. The first-order chi connectivity index (χ1) is 10.4. The standard InChI is InChI=1S/C18H19N3/c1-2-8-14(9-3-1)17-19-18(21-20-17)16-12-6-10-13-7-4-5-11-15(13)16/h4-7,10-12,14H,1-3,8-9H2,(H,19,20,21). The SMILES string of the molecule is c1ccc2c(-c3n[nH]c(C4CCCCC4)n3)cccc2c1. The van der Waals surface area contributed by atoms with Gasteiger partial charge in [0.15, 0.2) is 5.82 Å². The molecular formula is C18H19N3. The fraction of sp³-hybridized carbons (Fsp3) is 0.333. The van der Waals surface area contributed by atoms with E-state index < -0.39 is 0 Å². The van der Waals surface area contributed by atoms with Gasteiger partial charge in [-0.15, -0.1) is 0 Å². The van der Waals surface area contributed by atoms with E-state index in [-0.39, 0.29) is 0 Å². The zero-order valence-corrected chi connectivity index (χ0v) is 12.0. The van der Waals surface area contributed by atoms with Gasteiger partial charge in [-0.2, -0.15) is 5.10 Å². The lowest BCUT2D eigenvalue weighted by Crippen LogP contribution is -2.06. The van der Waals surface area contributed by atoms with Crippen LogP contribution in [-0.4, -0.2) is 15.2 Å². The minimum absolute atomic E-state index is 0.565. The van der Waals surface area contributed by atoms with Crippen LogP contribution in [0.5, 0.6) is 0 Å². The average Bonchev–Trinajstić information content (AvgIpc) is 3.05. The van der Waals surface area contributed by atoms with Crippen molar-refractivity contribution in [1.82, 2.24) is 15.2 Å². The number of fused-ring (bicyclic) bond motifs is 1. The number of nitrogens with zero attached hydrogens (tertiary/aromatic N) is 2. The first-order valence-electron chi connectivity index (χ1n) is 7.82. The van der Waals surface area contributed by atoms with Crippen molar-refractivity contribution in [3.05, 3.63) is 48.3 Å².